The molecule has 0 fully saturated rings. The van der Waals surface area contributed by atoms with Gasteiger partial charge in [-0.1, -0.05) is 32.4 Å². The van der Waals surface area contributed by atoms with Crippen LogP contribution >= 0.6 is 11.6 Å². The van der Waals surface area contributed by atoms with E-state index in [0.29, 0.717) is 18.8 Å². The van der Waals surface area contributed by atoms with Crippen LogP contribution < -0.4 is 15.6 Å². The molecule has 1 aromatic heterocycles. The Morgan fingerprint density at radius 1 is 1.43 bits per heavy atom. The lowest BCUT2D eigenvalue weighted by molar-refractivity contribution is 0.464. The van der Waals surface area contributed by atoms with Crippen LogP contribution in [0.3, 0.4) is 0 Å². The lowest BCUT2D eigenvalue weighted by atomic mass is 10.2. The lowest BCUT2D eigenvalue weighted by Crippen LogP contribution is -2.30. The third-order valence-corrected chi connectivity index (χ3v) is 4.41. The maximum Gasteiger partial charge on any atom is 0.287 e. The van der Waals surface area contributed by atoms with Crippen LogP contribution in [0.4, 0.5) is 5.69 Å². The Bertz CT molecular complexity index is 628. The van der Waals surface area contributed by atoms with Gasteiger partial charge in [0.1, 0.15) is 5.02 Å². The van der Waals surface area contributed by atoms with E-state index >= 15 is 0 Å². The summed E-state index contributed by atoms with van der Waals surface area (Å²) in [4.78, 5) is 12.0. The van der Waals surface area contributed by atoms with Gasteiger partial charge in [0.25, 0.3) is 5.56 Å². The fourth-order valence-corrected chi connectivity index (χ4v) is 2.84. The number of nitrogens with zero attached hydrogens (tertiary/aromatic N) is 2. The summed E-state index contributed by atoms with van der Waals surface area (Å²) in [6.45, 7) is 6.62. The SMILES string of the molecule is CCNS(=O)(=O)CCNc1cnn(CC(C)C)c(=O)c1Cl. The number of anilines is 1. The molecule has 120 valence electrons. The molecule has 0 unspecified atom stereocenters. The number of sulfonamides is 1. The molecule has 0 aliphatic heterocycles. The number of halogens is 1. The first-order valence-electron chi connectivity index (χ1n) is 6.73. The largest absolute Gasteiger partial charge is 0.381 e. The van der Waals surface area contributed by atoms with E-state index in [-0.39, 0.29) is 28.8 Å². The number of rotatable bonds is 8. The summed E-state index contributed by atoms with van der Waals surface area (Å²) in [6, 6.07) is 0. The molecule has 1 rings (SSSR count). The van der Waals surface area contributed by atoms with Crippen molar-refractivity contribution in [2.24, 2.45) is 5.92 Å². The fourth-order valence-electron chi connectivity index (χ4n) is 1.68. The number of hydrogen-bond donors (Lipinski definition) is 2. The molecule has 0 amide bonds. The molecule has 2 N–H and O–H groups in total. The van der Waals surface area contributed by atoms with E-state index in [1.165, 1.54) is 10.9 Å². The third kappa shape index (κ3) is 5.64. The highest BCUT2D eigenvalue weighted by molar-refractivity contribution is 7.89. The van der Waals surface area contributed by atoms with Crippen LogP contribution in [0.5, 0.6) is 0 Å². The van der Waals surface area contributed by atoms with Gasteiger partial charge in [0.15, 0.2) is 0 Å². The molecule has 7 nitrogen and oxygen atoms in total. The summed E-state index contributed by atoms with van der Waals surface area (Å²) in [5, 5.41) is 6.86. The summed E-state index contributed by atoms with van der Waals surface area (Å²) in [5.41, 5.74) is -0.0433. The molecule has 21 heavy (non-hydrogen) atoms. The molecule has 0 aliphatic rings. The van der Waals surface area contributed by atoms with Gasteiger partial charge in [0.2, 0.25) is 10.0 Å². The summed E-state index contributed by atoms with van der Waals surface area (Å²) >= 11 is 5.99. The standard InChI is InChI=1S/C12H21ClN4O3S/c1-4-16-21(19,20)6-5-14-10-7-15-17(8-9(2)3)12(18)11(10)13/h7,9,14,16H,4-6,8H2,1-3H3. The lowest BCUT2D eigenvalue weighted by Gasteiger charge is -2.11. The summed E-state index contributed by atoms with van der Waals surface area (Å²) in [5.74, 6) is 0.169. The topological polar surface area (TPSA) is 93.1 Å². The van der Waals surface area contributed by atoms with E-state index in [4.69, 9.17) is 11.6 Å². The van der Waals surface area contributed by atoms with Crippen LogP contribution in [-0.4, -0.2) is 37.0 Å². The van der Waals surface area contributed by atoms with Crippen molar-refractivity contribution in [1.29, 1.82) is 0 Å². The molecule has 0 bridgehead atoms. The third-order valence-electron chi connectivity index (χ3n) is 2.57. The molecule has 0 aliphatic carbocycles. The van der Waals surface area contributed by atoms with Gasteiger partial charge in [0, 0.05) is 19.6 Å². The van der Waals surface area contributed by atoms with Crippen molar-refractivity contribution in [2.75, 3.05) is 24.2 Å². The van der Waals surface area contributed by atoms with Crippen LogP contribution in [0.2, 0.25) is 5.02 Å². The van der Waals surface area contributed by atoms with E-state index < -0.39 is 10.0 Å². The average molecular weight is 337 g/mol. The molecule has 1 aromatic rings. The molecule has 0 saturated heterocycles. The zero-order valence-electron chi connectivity index (χ0n) is 12.4. The second kappa shape index (κ2) is 7.77. The highest BCUT2D eigenvalue weighted by Crippen LogP contribution is 2.15. The second-order valence-corrected chi connectivity index (χ2v) is 7.30. The smallest absolute Gasteiger partial charge is 0.287 e. The number of nitrogens with one attached hydrogen (secondary N) is 2. The van der Waals surface area contributed by atoms with Gasteiger partial charge < -0.3 is 5.32 Å². The molecule has 1 heterocycles. The van der Waals surface area contributed by atoms with Gasteiger partial charge >= 0.3 is 0 Å². The van der Waals surface area contributed by atoms with Crippen LogP contribution in [0.15, 0.2) is 11.0 Å². The molecule has 0 atom stereocenters. The van der Waals surface area contributed by atoms with Crippen molar-refractivity contribution in [2.45, 2.75) is 27.3 Å². The van der Waals surface area contributed by atoms with Gasteiger partial charge in [-0.05, 0) is 5.92 Å². The van der Waals surface area contributed by atoms with E-state index in [0.717, 1.165) is 0 Å². The molecule has 9 heteroatoms. The van der Waals surface area contributed by atoms with Gasteiger partial charge in [-0.25, -0.2) is 17.8 Å². The van der Waals surface area contributed by atoms with Crippen molar-refractivity contribution < 1.29 is 8.42 Å². The molecular weight excluding hydrogens is 316 g/mol. The highest BCUT2D eigenvalue weighted by atomic mass is 35.5. The molecule has 0 radical (unpaired) electrons. The Balaban J connectivity index is 2.74. The van der Waals surface area contributed by atoms with E-state index in [1.54, 1.807) is 6.92 Å². The number of aromatic nitrogens is 2. The average Bonchev–Trinajstić information content (AvgIpc) is 2.37. The van der Waals surface area contributed by atoms with Crippen LogP contribution in [0.1, 0.15) is 20.8 Å². The first-order chi connectivity index (χ1) is 9.76. The van der Waals surface area contributed by atoms with Crippen molar-refractivity contribution in [1.82, 2.24) is 14.5 Å². The fraction of sp³-hybridized carbons (Fsp3) is 0.667. The Labute approximate surface area is 129 Å². The first kappa shape index (κ1) is 17.9. The molecule has 0 saturated carbocycles. The monoisotopic (exact) mass is 336 g/mol. The molecule has 0 spiro atoms. The van der Waals surface area contributed by atoms with Crippen molar-refractivity contribution >= 4 is 27.3 Å². The Kier molecular flexibility index (Phi) is 6.63. The minimum Gasteiger partial charge on any atom is -0.381 e. The molecular formula is C12H21ClN4O3S. The minimum absolute atomic E-state index is 0.0199. The maximum absolute atomic E-state index is 12.0. The minimum atomic E-state index is -3.31. The van der Waals surface area contributed by atoms with Crippen LogP contribution in [0, 0.1) is 5.92 Å². The van der Waals surface area contributed by atoms with E-state index in [1.807, 2.05) is 13.8 Å². The van der Waals surface area contributed by atoms with Gasteiger partial charge in [0.05, 0.1) is 17.6 Å². The van der Waals surface area contributed by atoms with Gasteiger partial charge in [-0.2, -0.15) is 5.10 Å². The van der Waals surface area contributed by atoms with Crippen molar-refractivity contribution in [3.63, 3.8) is 0 Å². The van der Waals surface area contributed by atoms with Crippen LogP contribution in [-0.2, 0) is 16.6 Å². The van der Waals surface area contributed by atoms with Crippen molar-refractivity contribution in [3.05, 3.63) is 21.6 Å². The van der Waals surface area contributed by atoms with Crippen LogP contribution in [0.25, 0.3) is 0 Å². The van der Waals surface area contributed by atoms with E-state index in [2.05, 4.69) is 15.1 Å². The predicted molar refractivity (Wildman–Crippen MR) is 84.3 cm³/mol. The van der Waals surface area contributed by atoms with Gasteiger partial charge in [-0.3, -0.25) is 4.79 Å². The zero-order valence-corrected chi connectivity index (χ0v) is 14.0. The first-order valence-corrected chi connectivity index (χ1v) is 8.76. The quantitative estimate of drug-likeness (QED) is 0.736. The Morgan fingerprint density at radius 3 is 2.67 bits per heavy atom. The van der Waals surface area contributed by atoms with E-state index in [9.17, 15) is 13.2 Å². The summed E-state index contributed by atoms with van der Waals surface area (Å²) in [7, 11) is -3.31. The van der Waals surface area contributed by atoms with Crippen molar-refractivity contribution in [3.8, 4) is 0 Å². The normalized spacial score (nSPS) is 11.9. The molecule has 0 aromatic carbocycles. The summed E-state index contributed by atoms with van der Waals surface area (Å²) < 4.78 is 26.6. The predicted octanol–water partition coefficient (Wildman–Crippen LogP) is 0.904. The maximum atomic E-state index is 12.0. The zero-order chi connectivity index (χ0) is 16.0. The Morgan fingerprint density at radius 2 is 2.10 bits per heavy atom. The summed E-state index contributed by atoms with van der Waals surface area (Å²) in [6.07, 6.45) is 1.44. The van der Waals surface area contributed by atoms with Gasteiger partial charge in [-0.15, -0.1) is 0 Å². The Hall–Kier alpha value is -1.12. The highest BCUT2D eigenvalue weighted by Gasteiger charge is 2.12. The number of hydrogen-bond acceptors (Lipinski definition) is 5. The second-order valence-electron chi connectivity index (χ2n) is 5.00.